The van der Waals surface area contributed by atoms with Crippen molar-refractivity contribution >= 4 is 6.29 Å². The Labute approximate surface area is 84.6 Å². The number of benzene rings is 1. The summed E-state index contributed by atoms with van der Waals surface area (Å²) in [6.07, 6.45) is 0.753. The van der Waals surface area contributed by atoms with Gasteiger partial charge in [-0.1, -0.05) is 44.2 Å². The van der Waals surface area contributed by atoms with Gasteiger partial charge in [-0.3, -0.25) is 0 Å². The molecular weight excluding hydrogens is 176 g/mol. The normalized spacial score (nSPS) is 17.1. The van der Waals surface area contributed by atoms with Crippen molar-refractivity contribution in [2.45, 2.75) is 26.4 Å². The third-order valence-electron chi connectivity index (χ3n) is 2.77. The fraction of sp³-hybridized carbons (Fsp3) is 0.417. The van der Waals surface area contributed by atoms with Crippen LogP contribution in [-0.2, 0) is 4.79 Å². The van der Waals surface area contributed by atoms with Crippen molar-refractivity contribution in [2.75, 3.05) is 0 Å². The molecule has 1 aromatic carbocycles. The van der Waals surface area contributed by atoms with Crippen LogP contribution in [0.3, 0.4) is 0 Å². The van der Waals surface area contributed by atoms with Crippen LogP contribution in [0, 0.1) is 5.41 Å². The minimum Gasteiger partial charge on any atom is -0.387 e. The Balaban J connectivity index is 2.94. The minimum atomic E-state index is -0.716. The van der Waals surface area contributed by atoms with Gasteiger partial charge in [-0.05, 0) is 12.0 Å². The zero-order valence-electron chi connectivity index (χ0n) is 8.60. The van der Waals surface area contributed by atoms with Crippen LogP contribution in [0.4, 0.5) is 0 Å². The molecule has 0 radical (unpaired) electrons. The first-order chi connectivity index (χ1) is 6.64. The summed E-state index contributed by atoms with van der Waals surface area (Å²) in [6, 6.07) is 9.28. The largest absolute Gasteiger partial charge is 0.387 e. The fourth-order valence-corrected chi connectivity index (χ4v) is 1.36. The van der Waals surface area contributed by atoms with Crippen LogP contribution in [0.15, 0.2) is 30.3 Å². The number of rotatable bonds is 4. The molecule has 1 aromatic rings. The Morgan fingerprint density at radius 3 is 2.43 bits per heavy atom. The first-order valence-electron chi connectivity index (χ1n) is 4.83. The van der Waals surface area contributed by atoms with Crippen LogP contribution in [0.25, 0.3) is 0 Å². The van der Waals surface area contributed by atoms with E-state index in [1.807, 2.05) is 37.3 Å². The van der Waals surface area contributed by atoms with Crippen molar-refractivity contribution in [2.24, 2.45) is 5.41 Å². The van der Waals surface area contributed by atoms with Gasteiger partial charge in [-0.15, -0.1) is 0 Å². The predicted molar refractivity (Wildman–Crippen MR) is 55.9 cm³/mol. The quantitative estimate of drug-likeness (QED) is 0.743. The number of hydrogen-bond donors (Lipinski definition) is 1. The molecule has 0 aliphatic rings. The number of aliphatic hydroxyl groups is 1. The lowest BCUT2D eigenvalue weighted by Gasteiger charge is -2.27. The van der Waals surface area contributed by atoms with E-state index in [4.69, 9.17) is 0 Å². The molecule has 2 nitrogen and oxygen atoms in total. The Bertz CT molecular complexity index is 294. The molecule has 0 amide bonds. The Morgan fingerprint density at radius 2 is 2.00 bits per heavy atom. The average Bonchev–Trinajstić information content (AvgIpc) is 2.28. The van der Waals surface area contributed by atoms with Crippen molar-refractivity contribution in [3.63, 3.8) is 0 Å². The molecule has 0 aliphatic heterocycles. The smallest absolute Gasteiger partial charge is 0.128 e. The van der Waals surface area contributed by atoms with Crippen LogP contribution >= 0.6 is 0 Å². The summed E-state index contributed by atoms with van der Waals surface area (Å²) < 4.78 is 0. The maximum atomic E-state index is 10.9. The summed E-state index contributed by atoms with van der Waals surface area (Å²) in [5.41, 5.74) is 0.116. The maximum Gasteiger partial charge on any atom is 0.128 e. The highest BCUT2D eigenvalue weighted by Crippen LogP contribution is 2.34. The van der Waals surface area contributed by atoms with Crippen molar-refractivity contribution in [3.8, 4) is 0 Å². The van der Waals surface area contributed by atoms with E-state index in [1.54, 1.807) is 6.92 Å². The highest BCUT2D eigenvalue weighted by atomic mass is 16.3. The summed E-state index contributed by atoms with van der Waals surface area (Å²) in [6.45, 7) is 3.68. The minimum absolute atomic E-state index is 0.632. The van der Waals surface area contributed by atoms with Crippen LogP contribution < -0.4 is 0 Å². The molecule has 2 heteroatoms. The number of hydrogen-bond acceptors (Lipinski definition) is 2. The van der Waals surface area contributed by atoms with Gasteiger partial charge in [0.15, 0.2) is 0 Å². The van der Waals surface area contributed by atoms with E-state index in [-0.39, 0.29) is 0 Å². The third-order valence-corrected chi connectivity index (χ3v) is 2.77. The predicted octanol–water partition coefficient (Wildman–Crippen LogP) is 2.34. The van der Waals surface area contributed by atoms with Gasteiger partial charge >= 0.3 is 0 Å². The van der Waals surface area contributed by atoms with E-state index in [1.165, 1.54) is 0 Å². The molecule has 0 aromatic heterocycles. The molecule has 1 rings (SSSR count). The lowest BCUT2D eigenvalue weighted by atomic mass is 9.80. The summed E-state index contributed by atoms with van der Waals surface area (Å²) >= 11 is 0. The molecule has 0 fully saturated rings. The highest BCUT2D eigenvalue weighted by Gasteiger charge is 2.31. The van der Waals surface area contributed by atoms with Crippen molar-refractivity contribution < 1.29 is 9.90 Å². The number of carbonyl (C=O) groups excluding carboxylic acids is 1. The van der Waals surface area contributed by atoms with E-state index < -0.39 is 11.5 Å². The van der Waals surface area contributed by atoms with E-state index in [0.29, 0.717) is 6.42 Å². The summed E-state index contributed by atoms with van der Waals surface area (Å²) in [7, 11) is 0. The number of carbonyl (C=O) groups is 1. The molecule has 0 spiro atoms. The molecular formula is C12H16O2. The van der Waals surface area contributed by atoms with Crippen LogP contribution in [-0.4, -0.2) is 11.4 Å². The second-order valence-electron chi connectivity index (χ2n) is 3.79. The number of aldehydes is 1. The van der Waals surface area contributed by atoms with Gasteiger partial charge in [0.05, 0.1) is 11.5 Å². The molecule has 76 valence electrons. The van der Waals surface area contributed by atoms with Gasteiger partial charge in [0, 0.05) is 0 Å². The summed E-state index contributed by atoms with van der Waals surface area (Å²) in [4.78, 5) is 10.9. The first-order valence-corrected chi connectivity index (χ1v) is 4.83. The molecule has 0 saturated heterocycles. The monoisotopic (exact) mass is 192 g/mol. The van der Waals surface area contributed by atoms with Gasteiger partial charge < -0.3 is 9.90 Å². The second kappa shape index (κ2) is 4.38. The third kappa shape index (κ3) is 2.02. The average molecular weight is 192 g/mol. The van der Waals surface area contributed by atoms with E-state index in [0.717, 1.165) is 11.8 Å². The van der Waals surface area contributed by atoms with Crippen molar-refractivity contribution in [1.29, 1.82) is 0 Å². The zero-order chi connectivity index (χ0) is 10.6. The van der Waals surface area contributed by atoms with E-state index >= 15 is 0 Å². The van der Waals surface area contributed by atoms with E-state index in [9.17, 15) is 9.90 Å². The lowest BCUT2D eigenvalue weighted by molar-refractivity contribution is -0.121. The van der Waals surface area contributed by atoms with Gasteiger partial charge in [0.25, 0.3) is 0 Å². The SMILES string of the molecule is CC[C@@](C)(C=O)[C@@H](O)c1ccccc1. The Kier molecular flexibility index (Phi) is 3.42. The molecule has 2 atom stereocenters. The molecule has 1 N–H and O–H groups in total. The Hall–Kier alpha value is -1.15. The number of aliphatic hydroxyl groups excluding tert-OH is 1. The van der Waals surface area contributed by atoms with E-state index in [2.05, 4.69) is 0 Å². The van der Waals surface area contributed by atoms with Gasteiger partial charge in [-0.2, -0.15) is 0 Å². The zero-order valence-corrected chi connectivity index (χ0v) is 8.60. The van der Waals surface area contributed by atoms with Crippen LogP contribution in [0.1, 0.15) is 31.9 Å². The van der Waals surface area contributed by atoms with Crippen molar-refractivity contribution in [3.05, 3.63) is 35.9 Å². The van der Waals surface area contributed by atoms with Gasteiger partial charge in [0.2, 0.25) is 0 Å². The molecule has 0 aliphatic carbocycles. The standard InChI is InChI=1S/C12H16O2/c1-3-12(2,9-13)11(14)10-7-5-4-6-8-10/h4-9,11,14H,3H2,1-2H3/t11-,12-/m0/s1. The molecule has 0 unspecified atom stereocenters. The Morgan fingerprint density at radius 1 is 1.43 bits per heavy atom. The summed E-state index contributed by atoms with van der Waals surface area (Å²) in [5.74, 6) is 0. The molecule has 14 heavy (non-hydrogen) atoms. The maximum absolute atomic E-state index is 10.9. The van der Waals surface area contributed by atoms with Gasteiger partial charge in [-0.25, -0.2) is 0 Å². The molecule has 0 heterocycles. The summed E-state index contributed by atoms with van der Waals surface area (Å²) in [5, 5.41) is 10.0. The fourth-order valence-electron chi connectivity index (χ4n) is 1.36. The van der Waals surface area contributed by atoms with Crippen molar-refractivity contribution in [1.82, 2.24) is 0 Å². The molecule has 0 bridgehead atoms. The lowest BCUT2D eigenvalue weighted by Crippen LogP contribution is -2.26. The van der Waals surface area contributed by atoms with Crippen LogP contribution in [0.2, 0.25) is 0 Å². The molecule has 0 saturated carbocycles. The van der Waals surface area contributed by atoms with Crippen LogP contribution in [0.5, 0.6) is 0 Å². The first kappa shape index (κ1) is 10.9. The topological polar surface area (TPSA) is 37.3 Å². The second-order valence-corrected chi connectivity index (χ2v) is 3.79. The highest BCUT2D eigenvalue weighted by molar-refractivity contribution is 5.60. The van der Waals surface area contributed by atoms with Gasteiger partial charge in [0.1, 0.15) is 6.29 Å².